The van der Waals surface area contributed by atoms with Gasteiger partial charge in [-0.2, -0.15) is 4.31 Å². The monoisotopic (exact) mass is 553 g/mol. The number of rotatable bonds is 11. The maximum absolute atomic E-state index is 13.2. The van der Waals surface area contributed by atoms with Gasteiger partial charge in [0.05, 0.1) is 37.8 Å². The van der Waals surface area contributed by atoms with Gasteiger partial charge < -0.3 is 14.6 Å². The van der Waals surface area contributed by atoms with E-state index in [1.807, 2.05) is 42.5 Å². The molecular formula is C28H31N3O7S. The Morgan fingerprint density at radius 2 is 1.64 bits per heavy atom. The molecule has 39 heavy (non-hydrogen) atoms. The van der Waals surface area contributed by atoms with Crippen LogP contribution in [-0.2, 0) is 26.1 Å². The molecule has 1 heterocycles. The lowest BCUT2D eigenvalue weighted by atomic mass is 9.99. The number of sulfonamides is 1. The highest BCUT2D eigenvalue weighted by molar-refractivity contribution is 7.89. The zero-order valence-electron chi connectivity index (χ0n) is 21.9. The Hall–Kier alpha value is -3.93. The van der Waals surface area contributed by atoms with E-state index in [9.17, 15) is 18.3 Å². The number of carbonyl (C=O) groups is 1. The van der Waals surface area contributed by atoms with Crippen molar-refractivity contribution >= 4 is 21.8 Å². The molecule has 0 aromatic heterocycles. The van der Waals surface area contributed by atoms with Gasteiger partial charge in [-0.25, -0.2) is 13.2 Å². The van der Waals surface area contributed by atoms with Crippen LogP contribution in [-0.4, -0.2) is 69.6 Å². The zero-order valence-corrected chi connectivity index (χ0v) is 22.7. The molecule has 0 spiro atoms. The van der Waals surface area contributed by atoms with Gasteiger partial charge in [-0.3, -0.25) is 15.3 Å². The van der Waals surface area contributed by atoms with E-state index in [1.54, 1.807) is 32.4 Å². The van der Waals surface area contributed by atoms with E-state index >= 15 is 0 Å². The maximum atomic E-state index is 13.2. The number of nitrogens with zero attached hydrogens (tertiary/aromatic N) is 2. The lowest BCUT2D eigenvalue weighted by molar-refractivity contribution is -0.138. The van der Waals surface area contributed by atoms with Crippen molar-refractivity contribution in [2.45, 2.75) is 29.8 Å². The highest BCUT2D eigenvalue weighted by atomic mass is 32.2. The van der Waals surface area contributed by atoms with E-state index in [-0.39, 0.29) is 23.7 Å². The van der Waals surface area contributed by atoms with E-state index < -0.39 is 28.1 Å². The van der Waals surface area contributed by atoms with Crippen LogP contribution in [0.25, 0.3) is 11.1 Å². The molecule has 1 saturated heterocycles. The summed E-state index contributed by atoms with van der Waals surface area (Å²) in [5, 5.41) is 9.96. The largest absolute Gasteiger partial charge is 0.496 e. The van der Waals surface area contributed by atoms with Gasteiger partial charge in [0.15, 0.2) is 6.04 Å². The fourth-order valence-corrected chi connectivity index (χ4v) is 6.12. The first-order chi connectivity index (χ1) is 18.8. The molecule has 4 rings (SSSR count). The molecule has 0 bridgehead atoms. The van der Waals surface area contributed by atoms with Crippen LogP contribution in [0, 0.1) is 0 Å². The molecule has 1 aliphatic heterocycles. The van der Waals surface area contributed by atoms with E-state index in [0.717, 1.165) is 16.7 Å². The SMILES string of the molecule is CONC(=N[C@@H](Cc1ccc(-c2c(OC)cccc2OC)cc1)C(=O)O)[C@@H]1CCN1S(=O)(=O)c1ccccc1. The smallest absolute Gasteiger partial charge is 0.328 e. The Morgan fingerprint density at radius 3 is 2.15 bits per heavy atom. The van der Waals surface area contributed by atoms with Crippen molar-refractivity contribution in [2.75, 3.05) is 27.9 Å². The topological polar surface area (TPSA) is 127 Å². The van der Waals surface area contributed by atoms with Crippen LogP contribution < -0.4 is 15.0 Å². The van der Waals surface area contributed by atoms with Gasteiger partial charge in [0.2, 0.25) is 10.0 Å². The number of hydrogen-bond donors (Lipinski definition) is 2. The molecule has 0 amide bonds. The quantitative estimate of drug-likeness (QED) is 0.210. The molecule has 0 aliphatic carbocycles. The number of carboxylic acid groups (broad SMARTS) is 1. The number of carboxylic acids is 1. The molecular weight excluding hydrogens is 522 g/mol. The van der Waals surface area contributed by atoms with Crippen molar-refractivity contribution in [1.82, 2.24) is 9.79 Å². The van der Waals surface area contributed by atoms with Gasteiger partial charge in [0.1, 0.15) is 17.3 Å². The number of methoxy groups -OCH3 is 2. The summed E-state index contributed by atoms with van der Waals surface area (Å²) in [6, 6.07) is 19.2. The third-order valence-electron chi connectivity index (χ3n) is 6.52. The Labute approximate surface area is 227 Å². The number of amidine groups is 1. The van der Waals surface area contributed by atoms with Gasteiger partial charge in [0, 0.05) is 13.0 Å². The lowest BCUT2D eigenvalue weighted by Crippen LogP contribution is -2.58. The Morgan fingerprint density at radius 1 is 1.00 bits per heavy atom. The number of ether oxygens (including phenoxy) is 2. The van der Waals surface area contributed by atoms with Crippen LogP contribution in [0.3, 0.4) is 0 Å². The van der Waals surface area contributed by atoms with Gasteiger partial charge in [0.25, 0.3) is 0 Å². The second kappa shape index (κ2) is 12.3. The highest BCUT2D eigenvalue weighted by Gasteiger charge is 2.42. The van der Waals surface area contributed by atoms with Crippen LogP contribution in [0.2, 0.25) is 0 Å². The van der Waals surface area contributed by atoms with Crippen LogP contribution in [0.15, 0.2) is 82.7 Å². The first-order valence-electron chi connectivity index (χ1n) is 12.3. The average molecular weight is 554 g/mol. The fraction of sp³-hybridized carbons (Fsp3) is 0.286. The van der Waals surface area contributed by atoms with Crippen molar-refractivity contribution in [3.63, 3.8) is 0 Å². The normalized spacial score (nSPS) is 16.7. The number of aliphatic carboxylic acids is 1. The van der Waals surface area contributed by atoms with Gasteiger partial charge in [-0.05, 0) is 41.8 Å². The molecule has 2 atom stereocenters. The van der Waals surface area contributed by atoms with E-state index in [1.165, 1.54) is 23.5 Å². The standard InChI is InChI=1S/C28H31N3O7S/c1-36-24-10-7-11-25(37-2)26(24)20-14-12-19(13-15-20)18-22(28(32)33)29-27(30-38-3)23-16-17-31(23)39(34,35)21-8-5-4-6-9-21/h4-15,22-23H,16-18H2,1-3H3,(H,29,30)(H,32,33)/t22-,23-/m0/s1. The third kappa shape index (κ3) is 6.06. The molecule has 2 N–H and O–H groups in total. The summed E-state index contributed by atoms with van der Waals surface area (Å²) in [7, 11) is 0.753. The average Bonchev–Trinajstić information content (AvgIpc) is 2.92. The number of hydroxylamine groups is 1. The van der Waals surface area contributed by atoms with Crippen molar-refractivity contribution in [3.05, 3.63) is 78.4 Å². The first-order valence-corrected chi connectivity index (χ1v) is 13.7. The highest BCUT2D eigenvalue weighted by Crippen LogP contribution is 2.38. The van der Waals surface area contributed by atoms with Crippen molar-refractivity contribution in [3.8, 4) is 22.6 Å². The summed E-state index contributed by atoms with van der Waals surface area (Å²) in [4.78, 5) is 21.8. The summed E-state index contributed by atoms with van der Waals surface area (Å²) in [6.07, 6.45) is 0.564. The number of hydrogen-bond acceptors (Lipinski definition) is 7. The molecule has 3 aromatic rings. The summed E-state index contributed by atoms with van der Waals surface area (Å²) < 4.78 is 38.6. The van der Waals surface area contributed by atoms with Crippen molar-refractivity contribution < 1.29 is 32.6 Å². The first kappa shape index (κ1) is 28.1. The molecule has 1 aliphatic rings. The van der Waals surface area contributed by atoms with Crippen molar-refractivity contribution in [2.24, 2.45) is 4.99 Å². The molecule has 3 aromatic carbocycles. The summed E-state index contributed by atoms with van der Waals surface area (Å²) in [6.45, 7) is 0.290. The zero-order chi connectivity index (χ0) is 28.0. The van der Waals surface area contributed by atoms with E-state index in [4.69, 9.17) is 14.3 Å². The summed E-state index contributed by atoms with van der Waals surface area (Å²) in [5.74, 6) is 0.311. The minimum absolute atomic E-state index is 0.0890. The number of aliphatic imine (C=N–C) groups is 1. The molecule has 1 fully saturated rings. The molecule has 206 valence electrons. The fourth-order valence-electron chi connectivity index (χ4n) is 4.46. The molecule has 10 nitrogen and oxygen atoms in total. The second-order valence-corrected chi connectivity index (χ2v) is 10.7. The van der Waals surface area contributed by atoms with Gasteiger partial charge in [-0.15, -0.1) is 0 Å². The van der Waals surface area contributed by atoms with Gasteiger partial charge >= 0.3 is 5.97 Å². The molecule has 0 saturated carbocycles. The van der Waals surface area contributed by atoms with Crippen LogP contribution in [0.1, 0.15) is 12.0 Å². The third-order valence-corrected chi connectivity index (χ3v) is 8.44. The Balaban J connectivity index is 1.58. The second-order valence-electron chi connectivity index (χ2n) is 8.85. The summed E-state index contributed by atoms with van der Waals surface area (Å²) in [5.41, 5.74) is 5.00. The maximum Gasteiger partial charge on any atom is 0.328 e. The van der Waals surface area contributed by atoms with Crippen LogP contribution >= 0.6 is 0 Å². The Kier molecular flexibility index (Phi) is 8.85. The predicted molar refractivity (Wildman–Crippen MR) is 146 cm³/mol. The van der Waals surface area contributed by atoms with Crippen molar-refractivity contribution in [1.29, 1.82) is 0 Å². The minimum atomic E-state index is -3.78. The predicted octanol–water partition coefficient (Wildman–Crippen LogP) is 3.38. The lowest BCUT2D eigenvalue weighted by Gasteiger charge is -2.40. The Bertz CT molecular complexity index is 1410. The molecule has 11 heteroatoms. The van der Waals surface area contributed by atoms with Crippen LogP contribution in [0.4, 0.5) is 0 Å². The summed E-state index contributed by atoms with van der Waals surface area (Å²) >= 11 is 0. The number of benzene rings is 3. The minimum Gasteiger partial charge on any atom is -0.496 e. The van der Waals surface area contributed by atoms with E-state index in [0.29, 0.717) is 17.9 Å². The van der Waals surface area contributed by atoms with Crippen LogP contribution in [0.5, 0.6) is 11.5 Å². The number of nitrogens with one attached hydrogen (secondary N) is 1. The molecule has 0 radical (unpaired) electrons. The van der Waals surface area contributed by atoms with E-state index in [2.05, 4.69) is 10.5 Å². The van der Waals surface area contributed by atoms with Gasteiger partial charge in [-0.1, -0.05) is 48.5 Å². The molecule has 0 unspecified atom stereocenters.